The lowest BCUT2D eigenvalue weighted by Crippen LogP contribution is -2.28. The van der Waals surface area contributed by atoms with E-state index in [4.69, 9.17) is 10.5 Å². The smallest absolute Gasteiger partial charge is 0.321 e. The van der Waals surface area contributed by atoms with Crippen LogP contribution in [0, 0.1) is 0 Å². The van der Waals surface area contributed by atoms with Gasteiger partial charge in [-0.15, -0.1) is 0 Å². The highest BCUT2D eigenvalue weighted by atomic mass is 79.9. The molecule has 2 aromatic rings. The lowest BCUT2D eigenvalue weighted by atomic mass is 10.2. The zero-order valence-electron chi connectivity index (χ0n) is 12.5. The summed E-state index contributed by atoms with van der Waals surface area (Å²) < 4.78 is 10.6. The largest absolute Gasteiger partial charge is 0.472 e. The van der Waals surface area contributed by atoms with Gasteiger partial charge in [-0.3, -0.25) is 10.1 Å². The number of amides is 3. The molecule has 0 aliphatic rings. The number of urea groups is 1. The van der Waals surface area contributed by atoms with Crippen molar-refractivity contribution < 1.29 is 14.3 Å². The molecule has 0 saturated carbocycles. The molecule has 0 bridgehead atoms. The molecule has 0 aliphatic heterocycles. The van der Waals surface area contributed by atoms with Crippen molar-refractivity contribution in [3.05, 3.63) is 39.9 Å². The van der Waals surface area contributed by atoms with E-state index in [1.54, 1.807) is 14.1 Å². The molecule has 1 heterocycles. The maximum Gasteiger partial charge on any atom is 0.321 e. The molecule has 0 unspecified atom stereocenters. The number of anilines is 1. The maximum absolute atomic E-state index is 11.7. The first-order chi connectivity index (χ1) is 10.9. The summed E-state index contributed by atoms with van der Waals surface area (Å²) >= 11 is 4.32. The fourth-order valence-corrected chi connectivity index (χ4v) is 2.84. The summed E-state index contributed by atoms with van der Waals surface area (Å²) in [5.74, 6) is -0.603. The summed E-state index contributed by atoms with van der Waals surface area (Å²) in [7, 11) is 3.18. The van der Waals surface area contributed by atoms with E-state index < -0.39 is 5.91 Å². The van der Waals surface area contributed by atoms with Gasteiger partial charge in [-0.25, -0.2) is 4.79 Å². The number of aromatic nitrogens is 1. The predicted octanol–water partition coefficient (Wildman–Crippen LogP) is 2.68. The molecule has 0 fully saturated rings. The Balaban J connectivity index is 2.17. The van der Waals surface area contributed by atoms with Crippen molar-refractivity contribution in [2.75, 3.05) is 19.4 Å². The summed E-state index contributed by atoms with van der Waals surface area (Å²) in [6, 6.07) is 7.17. The van der Waals surface area contributed by atoms with E-state index in [1.807, 2.05) is 24.3 Å². The molecule has 0 radical (unpaired) electrons. The third kappa shape index (κ3) is 4.42. The number of nitrogens with two attached hydrogens (primary N) is 1. The van der Waals surface area contributed by atoms with Gasteiger partial charge >= 0.3 is 6.03 Å². The normalized spacial score (nSPS) is 10.2. The third-order valence-corrected chi connectivity index (χ3v) is 4.04. The Labute approximate surface area is 145 Å². The first kappa shape index (κ1) is 17.2. The number of carbonyl (C=O) groups excluding carboxylic acids is 2. The topological polar surface area (TPSA) is 97.6 Å². The number of rotatable bonds is 5. The van der Waals surface area contributed by atoms with E-state index >= 15 is 0 Å². The lowest BCUT2D eigenvalue weighted by molar-refractivity contribution is 0.0996. The van der Waals surface area contributed by atoms with Crippen LogP contribution < -0.4 is 15.8 Å². The molecular formula is C14H15BrN4O3S. The van der Waals surface area contributed by atoms with Gasteiger partial charge in [0.1, 0.15) is 17.2 Å². The number of ether oxygens (including phenoxy) is 1. The summed E-state index contributed by atoms with van der Waals surface area (Å²) in [4.78, 5) is 24.7. The Kier molecular flexibility index (Phi) is 5.56. The monoisotopic (exact) mass is 398 g/mol. The van der Waals surface area contributed by atoms with E-state index in [-0.39, 0.29) is 29.1 Å². The molecule has 3 N–H and O–H groups in total. The highest BCUT2D eigenvalue weighted by molar-refractivity contribution is 9.10. The fraction of sp³-hybridized carbons (Fsp3) is 0.214. The highest BCUT2D eigenvalue weighted by Gasteiger charge is 2.22. The van der Waals surface area contributed by atoms with Crippen LogP contribution in [0.4, 0.5) is 9.80 Å². The van der Waals surface area contributed by atoms with Crippen molar-refractivity contribution in [2.45, 2.75) is 6.61 Å². The molecule has 1 aromatic heterocycles. The van der Waals surface area contributed by atoms with Crippen LogP contribution in [-0.4, -0.2) is 35.3 Å². The Hall–Kier alpha value is -2.13. The Bertz CT molecular complexity index is 733. The molecule has 0 saturated heterocycles. The first-order valence-corrected chi connectivity index (χ1v) is 8.10. The molecule has 7 nitrogen and oxygen atoms in total. The zero-order chi connectivity index (χ0) is 17.0. The number of halogens is 1. The maximum atomic E-state index is 11.7. The van der Waals surface area contributed by atoms with E-state index in [9.17, 15) is 9.59 Å². The molecule has 1 aromatic carbocycles. The molecule has 0 aliphatic carbocycles. The number of nitrogens with one attached hydrogen (secondary N) is 1. The summed E-state index contributed by atoms with van der Waals surface area (Å²) in [6.45, 7) is 0.227. The average Bonchev–Trinajstić information content (AvgIpc) is 2.88. The van der Waals surface area contributed by atoms with Crippen LogP contribution in [0.15, 0.2) is 28.7 Å². The third-order valence-electron chi connectivity index (χ3n) is 2.80. The van der Waals surface area contributed by atoms with Crippen molar-refractivity contribution >= 4 is 44.4 Å². The molecule has 122 valence electrons. The Morgan fingerprint density at radius 2 is 2.17 bits per heavy atom. The number of carbonyl (C=O) groups is 2. The van der Waals surface area contributed by atoms with E-state index in [0.717, 1.165) is 21.6 Å². The predicted molar refractivity (Wildman–Crippen MR) is 91.8 cm³/mol. The quantitative estimate of drug-likeness (QED) is 0.808. The second kappa shape index (κ2) is 7.42. The minimum Gasteiger partial charge on any atom is -0.472 e. The van der Waals surface area contributed by atoms with Crippen LogP contribution in [0.2, 0.25) is 0 Å². The van der Waals surface area contributed by atoms with Crippen molar-refractivity contribution in [2.24, 2.45) is 5.73 Å². The second-order valence-corrected chi connectivity index (χ2v) is 6.49. The van der Waals surface area contributed by atoms with Gasteiger partial charge in [0.2, 0.25) is 5.88 Å². The molecule has 0 spiro atoms. The van der Waals surface area contributed by atoms with E-state index in [2.05, 4.69) is 25.6 Å². The minimum absolute atomic E-state index is 0.0696. The Morgan fingerprint density at radius 3 is 2.78 bits per heavy atom. The van der Waals surface area contributed by atoms with Crippen LogP contribution in [0.3, 0.4) is 0 Å². The van der Waals surface area contributed by atoms with Gasteiger partial charge in [-0.2, -0.15) is 4.37 Å². The number of primary amides is 1. The lowest BCUT2D eigenvalue weighted by Gasteiger charge is -2.11. The van der Waals surface area contributed by atoms with Gasteiger partial charge in [0, 0.05) is 18.6 Å². The summed E-state index contributed by atoms with van der Waals surface area (Å²) in [6.07, 6.45) is 0. The van der Waals surface area contributed by atoms with E-state index in [1.165, 1.54) is 4.90 Å². The summed E-state index contributed by atoms with van der Waals surface area (Å²) in [5, 5.41) is 2.84. The van der Waals surface area contributed by atoms with Crippen molar-refractivity contribution in [1.82, 2.24) is 9.27 Å². The van der Waals surface area contributed by atoms with Crippen molar-refractivity contribution in [1.29, 1.82) is 0 Å². The van der Waals surface area contributed by atoms with E-state index in [0.29, 0.717) is 0 Å². The van der Waals surface area contributed by atoms with Crippen molar-refractivity contribution in [3.63, 3.8) is 0 Å². The van der Waals surface area contributed by atoms with Gasteiger partial charge in [0.05, 0.1) is 0 Å². The number of benzene rings is 1. The SMILES string of the molecule is CN(C)C(=O)Nc1snc(OCc2cccc(Br)c2)c1C(N)=O. The fourth-order valence-electron chi connectivity index (χ4n) is 1.66. The van der Waals surface area contributed by atoms with Crippen LogP contribution in [0.25, 0.3) is 0 Å². The highest BCUT2D eigenvalue weighted by Crippen LogP contribution is 2.31. The molecule has 0 atom stereocenters. The zero-order valence-corrected chi connectivity index (χ0v) is 14.9. The van der Waals surface area contributed by atoms with Crippen LogP contribution in [0.1, 0.15) is 15.9 Å². The molecule has 2 rings (SSSR count). The van der Waals surface area contributed by atoms with Gasteiger partial charge in [-0.05, 0) is 29.2 Å². The van der Waals surface area contributed by atoms with Gasteiger partial charge in [0.15, 0.2) is 0 Å². The van der Waals surface area contributed by atoms with Gasteiger partial charge < -0.3 is 15.4 Å². The van der Waals surface area contributed by atoms with Crippen molar-refractivity contribution in [3.8, 4) is 5.88 Å². The Morgan fingerprint density at radius 1 is 1.43 bits per heavy atom. The molecule has 23 heavy (non-hydrogen) atoms. The summed E-state index contributed by atoms with van der Waals surface area (Å²) in [5.41, 5.74) is 6.35. The molecule has 9 heteroatoms. The van der Waals surface area contributed by atoms with Gasteiger partial charge in [0.25, 0.3) is 5.91 Å². The molecular weight excluding hydrogens is 384 g/mol. The standard InChI is InChI=1S/C14H15BrN4O3S/c1-19(2)14(21)17-13-10(11(16)20)12(18-23-13)22-7-8-4-3-5-9(15)6-8/h3-6H,7H2,1-2H3,(H2,16,20)(H,17,21). The van der Waals surface area contributed by atoms with Gasteiger partial charge in [-0.1, -0.05) is 28.1 Å². The average molecular weight is 399 g/mol. The molecule has 3 amide bonds. The van der Waals surface area contributed by atoms with Crippen LogP contribution in [0.5, 0.6) is 5.88 Å². The second-order valence-electron chi connectivity index (χ2n) is 4.80. The number of hydrogen-bond acceptors (Lipinski definition) is 5. The van der Waals surface area contributed by atoms with Crippen LogP contribution in [-0.2, 0) is 6.61 Å². The van der Waals surface area contributed by atoms with Crippen LogP contribution >= 0.6 is 27.5 Å². The minimum atomic E-state index is -0.711. The number of nitrogens with zero attached hydrogens (tertiary/aromatic N) is 2. The number of hydrogen-bond donors (Lipinski definition) is 2. The first-order valence-electron chi connectivity index (χ1n) is 6.53.